The van der Waals surface area contributed by atoms with Crippen LogP contribution in [0, 0.1) is 0 Å². The summed E-state index contributed by atoms with van der Waals surface area (Å²) >= 11 is 1.84. The largest absolute Gasteiger partial charge is 0.456 e. The number of oxazole rings is 1. The van der Waals surface area contributed by atoms with Crippen molar-refractivity contribution in [1.29, 1.82) is 0 Å². The minimum absolute atomic E-state index is 0.563. The monoisotopic (exact) mass is 480 g/mol. The van der Waals surface area contributed by atoms with Crippen LogP contribution in [0.3, 0.4) is 0 Å². The number of para-hydroxylation sites is 2. The molecule has 0 spiro atoms. The first-order chi connectivity index (χ1) is 17.8. The zero-order chi connectivity index (χ0) is 23.4. The maximum absolute atomic E-state index is 6.58. The van der Waals surface area contributed by atoms with Gasteiger partial charge in [0.25, 0.3) is 0 Å². The summed E-state index contributed by atoms with van der Waals surface area (Å²) in [5, 5.41) is 7.02. The Bertz CT molecular complexity index is 2330. The Morgan fingerprint density at radius 3 is 2.31 bits per heavy atom. The molecular weight excluding hydrogens is 464 g/mol. The van der Waals surface area contributed by atoms with E-state index in [0.717, 1.165) is 44.1 Å². The zero-order valence-corrected chi connectivity index (χ0v) is 19.7. The molecule has 0 aliphatic heterocycles. The summed E-state index contributed by atoms with van der Waals surface area (Å²) in [4.78, 5) is 4.98. The molecule has 5 aromatic carbocycles. The zero-order valence-electron chi connectivity index (χ0n) is 18.9. The maximum Gasteiger partial charge on any atom is 0.307 e. The SMILES string of the molecule is c1ccc2c(c1)oc1ccc3nc(-n4c5ccccc5c5c6c(ccc54)sc4ccccc46)oc3c12. The van der Waals surface area contributed by atoms with Gasteiger partial charge in [-0.15, -0.1) is 11.3 Å². The van der Waals surface area contributed by atoms with Gasteiger partial charge in [0, 0.05) is 36.3 Å². The van der Waals surface area contributed by atoms with Crippen molar-refractivity contribution in [2.45, 2.75) is 0 Å². The summed E-state index contributed by atoms with van der Waals surface area (Å²) in [5.74, 6) is 0. The van der Waals surface area contributed by atoms with Gasteiger partial charge < -0.3 is 8.83 Å². The Morgan fingerprint density at radius 1 is 0.556 bits per heavy atom. The third kappa shape index (κ3) is 2.26. The molecule has 0 atom stereocenters. The first-order valence-corrected chi connectivity index (χ1v) is 12.7. The van der Waals surface area contributed by atoms with E-state index in [1.54, 1.807) is 0 Å². The maximum atomic E-state index is 6.58. The molecule has 0 saturated carbocycles. The molecule has 5 heteroatoms. The van der Waals surface area contributed by atoms with E-state index in [0.29, 0.717) is 6.01 Å². The number of thiophene rings is 1. The molecule has 4 nitrogen and oxygen atoms in total. The summed E-state index contributed by atoms with van der Waals surface area (Å²) < 4.78 is 17.4. The molecule has 0 unspecified atom stereocenters. The number of furan rings is 1. The van der Waals surface area contributed by atoms with Gasteiger partial charge in [0.15, 0.2) is 5.58 Å². The molecule has 168 valence electrons. The van der Waals surface area contributed by atoms with Gasteiger partial charge in [-0.05, 0) is 42.5 Å². The van der Waals surface area contributed by atoms with Crippen LogP contribution in [0.5, 0.6) is 0 Å². The number of fused-ring (bicyclic) bond motifs is 12. The third-order valence-electron chi connectivity index (χ3n) is 7.25. The standard InChI is InChI=1S/C31H16N2O2S/c1-4-10-21-17(7-1)27-22(14-16-26-29(27)19-9-3-6-12-25(19)36-26)33(21)31-32-20-13-15-24-28(30(20)35-31)18-8-2-5-11-23(18)34-24/h1-16H. The number of aromatic nitrogens is 2. The smallest absolute Gasteiger partial charge is 0.307 e. The van der Waals surface area contributed by atoms with Gasteiger partial charge in [0.2, 0.25) is 0 Å². The first-order valence-electron chi connectivity index (χ1n) is 11.9. The molecular formula is C31H16N2O2S. The topological polar surface area (TPSA) is 44.1 Å². The van der Waals surface area contributed by atoms with Crippen LogP contribution in [0.15, 0.2) is 106 Å². The van der Waals surface area contributed by atoms with E-state index in [-0.39, 0.29) is 0 Å². The fourth-order valence-corrected chi connectivity index (χ4v) is 6.87. The van der Waals surface area contributed by atoms with Gasteiger partial charge in [0.1, 0.15) is 16.7 Å². The Balaban J connectivity index is 1.45. The Morgan fingerprint density at radius 2 is 1.36 bits per heavy atom. The molecule has 4 aromatic heterocycles. The van der Waals surface area contributed by atoms with Crippen molar-refractivity contribution in [3.63, 3.8) is 0 Å². The van der Waals surface area contributed by atoms with Crippen molar-refractivity contribution in [2.24, 2.45) is 0 Å². The predicted molar refractivity (Wildman–Crippen MR) is 149 cm³/mol. The number of benzene rings is 5. The van der Waals surface area contributed by atoms with E-state index >= 15 is 0 Å². The van der Waals surface area contributed by atoms with E-state index < -0.39 is 0 Å². The molecule has 0 radical (unpaired) electrons. The van der Waals surface area contributed by atoms with Crippen LogP contribution in [-0.2, 0) is 0 Å². The Hall–Kier alpha value is -4.61. The van der Waals surface area contributed by atoms with E-state index in [1.165, 1.54) is 30.9 Å². The third-order valence-corrected chi connectivity index (χ3v) is 8.39. The summed E-state index contributed by atoms with van der Waals surface area (Å²) in [7, 11) is 0. The average Bonchev–Trinajstić information content (AvgIpc) is 3.66. The summed E-state index contributed by atoms with van der Waals surface area (Å²) in [6.07, 6.45) is 0. The van der Waals surface area contributed by atoms with E-state index in [4.69, 9.17) is 13.8 Å². The minimum atomic E-state index is 0.563. The van der Waals surface area contributed by atoms with Crippen LogP contribution in [0.25, 0.3) is 81.0 Å². The van der Waals surface area contributed by atoms with Gasteiger partial charge >= 0.3 is 6.01 Å². The van der Waals surface area contributed by atoms with Crippen LogP contribution >= 0.6 is 11.3 Å². The molecule has 0 saturated heterocycles. The molecule has 0 aliphatic rings. The highest BCUT2D eigenvalue weighted by Gasteiger charge is 2.21. The van der Waals surface area contributed by atoms with Gasteiger partial charge in [-0.2, -0.15) is 4.98 Å². The lowest BCUT2D eigenvalue weighted by molar-refractivity contribution is 0.577. The highest BCUT2D eigenvalue weighted by atomic mass is 32.1. The van der Waals surface area contributed by atoms with Crippen molar-refractivity contribution in [3.8, 4) is 6.01 Å². The quantitative estimate of drug-likeness (QED) is 0.235. The van der Waals surface area contributed by atoms with Gasteiger partial charge in [-0.3, -0.25) is 4.57 Å². The van der Waals surface area contributed by atoms with Gasteiger partial charge in [-0.1, -0.05) is 54.6 Å². The van der Waals surface area contributed by atoms with E-state index in [9.17, 15) is 0 Å². The first kappa shape index (κ1) is 18.7. The molecule has 9 rings (SSSR count). The lowest BCUT2D eigenvalue weighted by Gasteiger charge is -2.02. The van der Waals surface area contributed by atoms with Crippen molar-refractivity contribution >= 4 is 86.4 Å². The van der Waals surface area contributed by atoms with E-state index in [2.05, 4.69) is 71.3 Å². The summed E-state index contributed by atoms with van der Waals surface area (Å²) in [6, 6.07) is 34.2. The second-order valence-electron chi connectivity index (χ2n) is 9.17. The van der Waals surface area contributed by atoms with Crippen LogP contribution in [0.1, 0.15) is 0 Å². The molecule has 9 aromatic rings. The number of nitrogens with zero attached hydrogens (tertiary/aromatic N) is 2. The van der Waals surface area contributed by atoms with Crippen molar-refractivity contribution in [3.05, 3.63) is 97.1 Å². The molecule has 0 fully saturated rings. The highest BCUT2D eigenvalue weighted by Crippen LogP contribution is 2.44. The second kappa shape index (κ2) is 6.53. The average molecular weight is 481 g/mol. The lowest BCUT2D eigenvalue weighted by atomic mass is 10.1. The Labute approximate surface area is 207 Å². The van der Waals surface area contributed by atoms with Crippen molar-refractivity contribution < 1.29 is 8.83 Å². The molecule has 4 heterocycles. The van der Waals surface area contributed by atoms with Gasteiger partial charge in [-0.25, -0.2) is 0 Å². The van der Waals surface area contributed by atoms with Gasteiger partial charge in [0.05, 0.1) is 16.4 Å². The molecule has 36 heavy (non-hydrogen) atoms. The fourth-order valence-electron chi connectivity index (χ4n) is 5.76. The van der Waals surface area contributed by atoms with Crippen LogP contribution in [-0.4, -0.2) is 9.55 Å². The molecule has 0 aliphatic carbocycles. The van der Waals surface area contributed by atoms with Crippen LogP contribution < -0.4 is 0 Å². The number of hydrogen-bond donors (Lipinski definition) is 0. The summed E-state index contributed by atoms with van der Waals surface area (Å²) in [6.45, 7) is 0. The molecule has 0 amide bonds. The van der Waals surface area contributed by atoms with Crippen molar-refractivity contribution in [1.82, 2.24) is 9.55 Å². The molecule has 0 bridgehead atoms. The lowest BCUT2D eigenvalue weighted by Crippen LogP contribution is -1.93. The van der Waals surface area contributed by atoms with E-state index in [1.807, 2.05) is 41.7 Å². The fraction of sp³-hybridized carbons (Fsp3) is 0. The highest BCUT2D eigenvalue weighted by molar-refractivity contribution is 7.26. The number of rotatable bonds is 1. The molecule has 0 N–H and O–H groups in total. The van der Waals surface area contributed by atoms with Crippen LogP contribution in [0.2, 0.25) is 0 Å². The second-order valence-corrected chi connectivity index (χ2v) is 10.2. The minimum Gasteiger partial charge on any atom is -0.456 e. The summed E-state index contributed by atoms with van der Waals surface area (Å²) in [5.41, 5.74) is 5.39. The number of hydrogen-bond acceptors (Lipinski definition) is 4. The normalized spacial score (nSPS) is 12.4. The van der Waals surface area contributed by atoms with Crippen molar-refractivity contribution in [2.75, 3.05) is 0 Å². The Kier molecular flexibility index (Phi) is 3.39. The van der Waals surface area contributed by atoms with Crippen LogP contribution in [0.4, 0.5) is 0 Å². The predicted octanol–water partition coefficient (Wildman–Crippen LogP) is 9.19.